The van der Waals surface area contributed by atoms with Crippen LogP contribution in [-0.2, 0) is 17.7 Å². The molecule has 0 aromatic heterocycles. The maximum absolute atomic E-state index is 12.7. The smallest absolute Gasteiger partial charge is 0.420 e. The first-order valence-corrected chi connectivity index (χ1v) is 5.65. The van der Waals surface area contributed by atoms with Crippen molar-refractivity contribution in [2.75, 3.05) is 7.11 Å². The Morgan fingerprint density at radius 3 is 1.94 bits per heavy atom. The summed E-state index contributed by atoms with van der Waals surface area (Å²) in [5, 5.41) is -0.0443. The number of hydrogen-bond donors (Lipinski definition) is 0. The number of halogens is 7. The van der Waals surface area contributed by atoms with Gasteiger partial charge in [0.1, 0.15) is 11.3 Å². The largest absolute Gasteiger partial charge is 0.496 e. The summed E-state index contributed by atoms with van der Waals surface area (Å²) in [5.41, 5.74) is -3.55. The molecule has 0 aliphatic rings. The van der Waals surface area contributed by atoms with E-state index in [0.717, 1.165) is 13.2 Å². The zero-order valence-corrected chi connectivity index (χ0v) is 10.5. The maximum atomic E-state index is 12.7. The standard InChI is InChI=1S/C10H7BrF6O/c1-18-8-5(4-11)2-3-6(9(12,13)14)7(8)10(15,16)17/h2-3H,4H2,1H3. The van der Waals surface area contributed by atoms with Crippen molar-refractivity contribution in [1.29, 1.82) is 0 Å². The molecule has 102 valence electrons. The number of hydrogen-bond acceptors (Lipinski definition) is 1. The van der Waals surface area contributed by atoms with Gasteiger partial charge < -0.3 is 4.74 Å². The molecule has 0 aliphatic heterocycles. The monoisotopic (exact) mass is 336 g/mol. The second kappa shape index (κ2) is 4.99. The minimum absolute atomic E-state index is 0.00201. The second-order valence-electron chi connectivity index (χ2n) is 3.31. The first kappa shape index (κ1) is 15.1. The van der Waals surface area contributed by atoms with Crippen molar-refractivity contribution >= 4 is 15.9 Å². The Labute approximate surface area is 107 Å². The van der Waals surface area contributed by atoms with Crippen LogP contribution in [0.2, 0.25) is 0 Å². The van der Waals surface area contributed by atoms with Crippen LogP contribution < -0.4 is 4.74 Å². The van der Waals surface area contributed by atoms with Gasteiger partial charge in [0.15, 0.2) is 0 Å². The highest BCUT2D eigenvalue weighted by atomic mass is 79.9. The van der Waals surface area contributed by atoms with Gasteiger partial charge in [0, 0.05) is 10.9 Å². The van der Waals surface area contributed by atoms with Crippen LogP contribution in [0.25, 0.3) is 0 Å². The Balaban J connectivity index is 3.66. The van der Waals surface area contributed by atoms with Crippen LogP contribution >= 0.6 is 15.9 Å². The average molecular weight is 337 g/mol. The van der Waals surface area contributed by atoms with Crippen molar-refractivity contribution in [2.24, 2.45) is 0 Å². The number of benzene rings is 1. The normalized spacial score (nSPS) is 12.7. The molecule has 0 saturated heterocycles. The fourth-order valence-electron chi connectivity index (χ4n) is 1.48. The van der Waals surface area contributed by atoms with Gasteiger partial charge in [-0.3, -0.25) is 0 Å². The lowest BCUT2D eigenvalue weighted by atomic mass is 10.0. The molecular weight excluding hydrogens is 330 g/mol. The molecule has 0 atom stereocenters. The Kier molecular flexibility index (Phi) is 4.19. The molecule has 0 spiro atoms. The summed E-state index contributed by atoms with van der Waals surface area (Å²) < 4.78 is 80.4. The predicted octanol–water partition coefficient (Wildman–Crippen LogP) is 4.63. The minimum atomic E-state index is -5.14. The topological polar surface area (TPSA) is 9.23 Å². The summed E-state index contributed by atoms with van der Waals surface area (Å²) in [7, 11) is 0.900. The van der Waals surface area contributed by atoms with Crippen molar-refractivity contribution in [1.82, 2.24) is 0 Å². The minimum Gasteiger partial charge on any atom is -0.496 e. The third kappa shape index (κ3) is 2.90. The van der Waals surface area contributed by atoms with E-state index in [9.17, 15) is 26.3 Å². The van der Waals surface area contributed by atoms with E-state index in [0.29, 0.717) is 6.07 Å². The van der Waals surface area contributed by atoms with Crippen LogP contribution in [0.15, 0.2) is 12.1 Å². The van der Waals surface area contributed by atoms with Gasteiger partial charge in [-0.15, -0.1) is 0 Å². The number of methoxy groups -OCH3 is 1. The number of ether oxygens (including phenoxy) is 1. The highest BCUT2D eigenvalue weighted by Gasteiger charge is 2.46. The molecule has 0 unspecified atom stereocenters. The highest BCUT2D eigenvalue weighted by Crippen LogP contribution is 2.46. The van der Waals surface area contributed by atoms with Crippen molar-refractivity contribution < 1.29 is 31.1 Å². The van der Waals surface area contributed by atoms with Crippen LogP contribution in [0.5, 0.6) is 5.75 Å². The van der Waals surface area contributed by atoms with Crippen molar-refractivity contribution in [3.63, 3.8) is 0 Å². The molecule has 1 aromatic rings. The zero-order valence-electron chi connectivity index (χ0n) is 8.92. The van der Waals surface area contributed by atoms with Crippen LogP contribution in [-0.4, -0.2) is 7.11 Å². The van der Waals surface area contributed by atoms with Crippen molar-refractivity contribution in [2.45, 2.75) is 17.7 Å². The lowest BCUT2D eigenvalue weighted by Crippen LogP contribution is -2.18. The van der Waals surface area contributed by atoms with Crippen molar-refractivity contribution in [3.05, 3.63) is 28.8 Å². The van der Waals surface area contributed by atoms with Gasteiger partial charge in [-0.1, -0.05) is 22.0 Å². The number of rotatable bonds is 2. The van der Waals surface area contributed by atoms with Crippen molar-refractivity contribution in [3.8, 4) is 5.75 Å². The summed E-state index contributed by atoms with van der Waals surface area (Å²) in [4.78, 5) is 0. The number of alkyl halides is 7. The summed E-state index contributed by atoms with van der Waals surface area (Å²) in [6.45, 7) is 0. The molecule has 0 radical (unpaired) electrons. The van der Waals surface area contributed by atoms with E-state index < -0.39 is 29.2 Å². The lowest BCUT2D eigenvalue weighted by molar-refractivity contribution is -0.163. The zero-order chi connectivity index (χ0) is 14.1. The summed E-state index contributed by atoms with van der Waals surface area (Å²) >= 11 is 2.90. The van der Waals surface area contributed by atoms with Crippen LogP contribution in [0.1, 0.15) is 16.7 Å². The molecule has 0 bridgehead atoms. The van der Waals surface area contributed by atoms with Gasteiger partial charge >= 0.3 is 12.4 Å². The third-order valence-corrected chi connectivity index (χ3v) is 2.78. The Morgan fingerprint density at radius 2 is 1.61 bits per heavy atom. The fraction of sp³-hybridized carbons (Fsp3) is 0.400. The average Bonchev–Trinajstić information content (AvgIpc) is 2.24. The van der Waals surface area contributed by atoms with E-state index >= 15 is 0 Å². The van der Waals surface area contributed by atoms with Crippen LogP contribution in [0.3, 0.4) is 0 Å². The molecule has 0 aliphatic carbocycles. The van der Waals surface area contributed by atoms with Crippen LogP contribution in [0.4, 0.5) is 26.3 Å². The lowest BCUT2D eigenvalue weighted by Gasteiger charge is -2.20. The van der Waals surface area contributed by atoms with Gasteiger partial charge in [-0.25, -0.2) is 0 Å². The van der Waals surface area contributed by atoms with E-state index in [1.54, 1.807) is 0 Å². The molecule has 0 fully saturated rings. The molecule has 1 aromatic carbocycles. The molecule has 18 heavy (non-hydrogen) atoms. The van der Waals surface area contributed by atoms with Gasteiger partial charge in [-0.2, -0.15) is 26.3 Å². The van der Waals surface area contributed by atoms with Gasteiger partial charge in [0.25, 0.3) is 0 Å². The summed E-state index contributed by atoms with van der Waals surface area (Å²) in [6, 6.07) is 1.35. The maximum Gasteiger partial charge on any atom is 0.420 e. The van der Waals surface area contributed by atoms with E-state index in [-0.39, 0.29) is 10.9 Å². The highest BCUT2D eigenvalue weighted by molar-refractivity contribution is 9.08. The molecule has 8 heteroatoms. The molecule has 0 heterocycles. The Hall–Kier alpha value is -0.920. The van der Waals surface area contributed by atoms with Gasteiger partial charge in [0.05, 0.1) is 12.7 Å². The molecular formula is C10H7BrF6O. The Bertz CT molecular complexity index is 437. The molecule has 1 nitrogen and oxygen atoms in total. The van der Waals surface area contributed by atoms with Crippen LogP contribution in [0, 0.1) is 0 Å². The molecule has 1 rings (SSSR count). The van der Waals surface area contributed by atoms with Gasteiger partial charge in [0.2, 0.25) is 0 Å². The molecule has 0 saturated carbocycles. The summed E-state index contributed by atoms with van der Waals surface area (Å²) in [5.74, 6) is -0.811. The summed E-state index contributed by atoms with van der Waals surface area (Å²) in [6.07, 6.45) is -10.2. The second-order valence-corrected chi connectivity index (χ2v) is 3.87. The van der Waals surface area contributed by atoms with E-state index in [4.69, 9.17) is 0 Å². The SMILES string of the molecule is COc1c(CBr)ccc(C(F)(F)F)c1C(F)(F)F. The Morgan fingerprint density at radius 1 is 1.06 bits per heavy atom. The van der Waals surface area contributed by atoms with E-state index in [2.05, 4.69) is 20.7 Å². The molecule has 0 N–H and O–H groups in total. The van der Waals surface area contributed by atoms with E-state index in [1.807, 2.05) is 0 Å². The van der Waals surface area contributed by atoms with E-state index in [1.165, 1.54) is 0 Å². The fourth-order valence-corrected chi connectivity index (χ4v) is 1.92. The quantitative estimate of drug-likeness (QED) is 0.565. The third-order valence-electron chi connectivity index (χ3n) is 2.18. The van der Waals surface area contributed by atoms with Gasteiger partial charge in [-0.05, 0) is 6.07 Å². The molecule has 0 amide bonds. The first-order valence-electron chi connectivity index (χ1n) is 4.53. The predicted molar refractivity (Wildman–Crippen MR) is 55.6 cm³/mol. The first-order chi connectivity index (χ1) is 8.12.